The van der Waals surface area contributed by atoms with Gasteiger partial charge >= 0.3 is 11.9 Å². The summed E-state index contributed by atoms with van der Waals surface area (Å²) in [5.74, 6) is -2.62. The molecule has 2 rings (SSSR count). The Morgan fingerprint density at radius 2 is 1.06 bits per heavy atom. The number of carbonyl (C=O) groups is 2. The van der Waals surface area contributed by atoms with Gasteiger partial charge in [0.2, 0.25) is 0 Å². The molecule has 2 aromatic carbocycles. The van der Waals surface area contributed by atoms with Gasteiger partial charge in [0.15, 0.2) is 0 Å². The quantitative estimate of drug-likeness (QED) is 0.481. The molecule has 18 heavy (non-hydrogen) atoms. The summed E-state index contributed by atoms with van der Waals surface area (Å²) in [6.45, 7) is 0. The number of hydrogen-bond donors (Lipinski definition) is 2. The number of carboxylic acid groups (broad SMARTS) is 2. The maximum Gasteiger partial charge on any atom is 0.314 e. The zero-order chi connectivity index (χ0) is 12.9. The molecule has 0 unspecified atom stereocenters. The fraction of sp³-hybridized carbons (Fsp3) is 0.0769. The molecule has 2 aromatic rings. The Bertz CT molecular complexity index is 306. The van der Waals surface area contributed by atoms with Gasteiger partial charge in [-0.05, 0) is 0 Å². The van der Waals surface area contributed by atoms with Gasteiger partial charge in [0.05, 0.1) is 0 Å². The summed E-state index contributed by atoms with van der Waals surface area (Å²) in [7, 11) is 0. The largest absolute Gasteiger partial charge is 0.999 e. The molecular formula is C13H6O4Ti-10. The SMILES string of the molecule is O=C(O)CC(=O)O.[Ti].[c-]1[c-][c-][cH-][c-]1.[c-]1[c-][c-][cH-][c-]1. The average Bonchev–Trinajstić information content (AvgIpc) is 2.96. The van der Waals surface area contributed by atoms with E-state index in [9.17, 15) is 9.59 Å². The Hall–Kier alpha value is -1.65. The Labute approximate surface area is 120 Å². The number of hydrogen-bond acceptors (Lipinski definition) is 2. The molecular weight excluding hydrogens is 268 g/mol. The van der Waals surface area contributed by atoms with E-state index in [1.807, 2.05) is 0 Å². The molecule has 0 aliphatic carbocycles. The van der Waals surface area contributed by atoms with E-state index in [1.54, 1.807) is 12.1 Å². The van der Waals surface area contributed by atoms with Crippen LogP contribution in [-0.2, 0) is 31.3 Å². The van der Waals surface area contributed by atoms with Crippen molar-refractivity contribution < 1.29 is 41.5 Å². The predicted octanol–water partition coefficient (Wildman–Crippen LogP) is 0.756. The van der Waals surface area contributed by atoms with E-state index in [-0.39, 0.29) is 21.7 Å². The molecule has 0 radical (unpaired) electrons. The Kier molecular flexibility index (Phi) is 14.0. The van der Waals surface area contributed by atoms with Gasteiger partial charge in [-0.1, -0.05) is 0 Å². The summed E-state index contributed by atoms with van der Waals surface area (Å²) in [5.41, 5.74) is 0. The van der Waals surface area contributed by atoms with Crippen LogP contribution < -0.4 is 0 Å². The molecule has 2 N–H and O–H groups in total. The van der Waals surface area contributed by atoms with Crippen molar-refractivity contribution in [1.82, 2.24) is 0 Å². The van der Waals surface area contributed by atoms with Crippen molar-refractivity contribution in [3.8, 4) is 0 Å². The smallest absolute Gasteiger partial charge is 0.314 e. The van der Waals surface area contributed by atoms with Crippen LogP contribution in [-0.4, -0.2) is 22.2 Å². The summed E-state index contributed by atoms with van der Waals surface area (Å²) in [4.78, 5) is 18.9. The topological polar surface area (TPSA) is 74.6 Å². The summed E-state index contributed by atoms with van der Waals surface area (Å²) >= 11 is 0. The van der Waals surface area contributed by atoms with Crippen molar-refractivity contribution >= 4 is 11.9 Å². The van der Waals surface area contributed by atoms with Crippen molar-refractivity contribution in [3.05, 3.63) is 60.7 Å². The first-order valence-electron chi connectivity index (χ1n) is 4.22. The number of rotatable bonds is 2. The van der Waals surface area contributed by atoms with Crippen LogP contribution in [0.3, 0.4) is 0 Å². The maximum absolute atomic E-state index is 9.43. The monoisotopic (exact) mass is 274 g/mol. The van der Waals surface area contributed by atoms with Crippen LogP contribution in [0.1, 0.15) is 6.42 Å². The van der Waals surface area contributed by atoms with E-state index in [4.69, 9.17) is 10.2 Å². The molecule has 4 nitrogen and oxygen atoms in total. The summed E-state index contributed by atoms with van der Waals surface area (Å²) < 4.78 is 0. The first-order valence-corrected chi connectivity index (χ1v) is 4.22. The fourth-order valence-corrected chi connectivity index (χ4v) is 0.490. The fourth-order valence-electron chi connectivity index (χ4n) is 0.490. The molecule has 5 heteroatoms. The standard InChI is InChI=1S/2C5H.C3H4O4.Ti/c2*1-2-4-5-3-1;4-2(5)1-3(6)7;/h2*1H;1H2,(H,4,5)(H,6,7);/q2*-5;;. The number of aliphatic carboxylic acids is 2. The first kappa shape index (κ1) is 18.7. The van der Waals surface area contributed by atoms with Gasteiger partial charge in [0.25, 0.3) is 0 Å². The number of carboxylic acids is 2. The van der Waals surface area contributed by atoms with Crippen molar-refractivity contribution in [3.63, 3.8) is 0 Å². The van der Waals surface area contributed by atoms with Gasteiger partial charge in [-0.2, -0.15) is 0 Å². The van der Waals surface area contributed by atoms with E-state index in [0.717, 1.165) is 0 Å². The Morgan fingerprint density at radius 1 is 0.778 bits per heavy atom. The summed E-state index contributed by atoms with van der Waals surface area (Å²) in [6.07, 6.45) is -0.806. The molecule has 0 aliphatic heterocycles. The zero-order valence-corrected chi connectivity index (χ0v) is 10.6. The van der Waals surface area contributed by atoms with Crippen molar-refractivity contribution in [2.24, 2.45) is 0 Å². The molecule has 0 saturated heterocycles. The van der Waals surface area contributed by atoms with E-state index < -0.39 is 18.4 Å². The van der Waals surface area contributed by atoms with E-state index in [2.05, 4.69) is 48.5 Å². The minimum Gasteiger partial charge on any atom is -0.999 e. The van der Waals surface area contributed by atoms with Gasteiger partial charge < -0.3 is 70.9 Å². The van der Waals surface area contributed by atoms with E-state index >= 15 is 0 Å². The third-order valence-corrected chi connectivity index (χ3v) is 1.00. The van der Waals surface area contributed by atoms with Crippen LogP contribution in [0.25, 0.3) is 0 Å². The van der Waals surface area contributed by atoms with Gasteiger partial charge in [-0.15, -0.1) is 0 Å². The van der Waals surface area contributed by atoms with Crippen LogP contribution in [0, 0.1) is 48.5 Å². The molecule has 96 valence electrons. The van der Waals surface area contributed by atoms with E-state index in [0.29, 0.717) is 0 Å². The van der Waals surface area contributed by atoms with Gasteiger partial charge in [0, 0.05) is 21.7 Å². The van der Waals surface area contributed by atoms with Crippen molar-refractivity contribution in [2.45, 2.75) is 6.42 Å². The molecule has 0 bridgehead atoms. The minimum absolute atomic E-state index is 0. The van der Waals surface area contributed by atoms with Crippen LogP contribution in [0.15, 0.2) is 12.1 Å². The third kappa shape index (κ3) is 16.8. The van der Waals surface area contributed by atoms with Gasteiger partial charge in [-0.25, -0.2) is 0 Å². The molecule has 0 fully saturated rings. The van der Waals surface area contributed by atoms with Crippen molar-refractivity contribution in [2.75, 3.05) is 0 Å². The Morgan fingerprint density at radius 3 is 1.11 bits per heavy atom. The van der Waals surface area contributed by atoms with Gasteiger partial charge in [-0.3, -0.25) is 9.59 Å². The molecule has 0 heterocycles. The van der Waals surface area contributed by atoms with Gasteiger partial charge in [0.1, 0.15) is 6.42 Å². The second kappa shape index (κ2) is 13.4. The molecule has 0 saturated carbocycles. The summed E-state index contributed by atoms with van der Waals surface area (Å²) in [6, 6.07) is 24.0. The molecule has 0 amide bonds. The second-order valence-electron chi connectivity index (χ2n) is 2.33. The van der Waals surface area contributed by atoms with Crippen LogP contribution >= 0.6 is 0 Å². The first-order chi connectivity index (χ1) is 8.13. The third-order valence-electron chi connectivity index (χ3n) is 1.00. The summed E-state index contributed by atoms with van der Waals surface area (Å²) in [5, 5.41) is 15.4. The molecule has 0 atom stereocenters. The Balaban J connectivity index is 0. The van der Waals surface area contributed by atoms with Crippen LogP contribution in [0.2, 0.25) is 0 Å². The van der Waals surface area contributed by atoms with E-state index in [1.165, 1.54) is 0 Å². The van der Waals surface area contributed by atoms with Crippen molar-refractivity contribution in [1.29, 1.82) is 0 Å². The predicted molar refractivity (Wildman–Crippen MR) is 54.6 cm³/mol. The molecule has 0 aromatic heterocycles. The van der Waals surface area contributed by atoms with Crippen LogP contribution in [0.4, 0.5) is 0 Å². The second-order valence-corrected chi connectivity index (χ2v) is 2.33. The maximum atomic E-state index is 9.43. The molecule has 0 spiro atoms. The normalized spacial score (nSPS) is 7.56. The average molecular weight is 274 g/mol. The molecule has 0 aliphatic rings. The van der Waals surface area contributed by atoms with Crippen LogP contribution in [0.5, 0.6) is 0 Å². The minimum atomic E-state index is -1.31. The zero-order valence-electron chi connectivity index (χ0n) is 9.07.